The summed E-state index contributed by atoms with van der Waals surface area (Å²) < 4.78 is 28.2. The van der Waals surface area contributed by atoms with Gasteiger partial charge in [-0.2, -0.15) is 0 Å². The number of ether oxygens (including phenoxy) is 1. The number of thioether (sulfide) groups is 1. The molecule has 2 aromatic carbocycles. The molecule has 1 amide bonds. The molecule has 0 unspecified atom stereocenters. The maximum absolute atomic E-state index is 11.7. The molecule has 144 valence electrons. The van der Waals surface area contributed by atoms with E-state index >= 15 is 0 Å². The second-order valence-corrected chi connectivity index (χ2v) is 8.89. The molecular weight excluding hydrogens is 456 g/mol. The van der Waals surface area contributed by atoms with Crippen LogP contribution in [0.2, 0.25) is 0 Å². The number of hydrogen-bond acceptors (Lipinski definition) is 6. The van der Waals surface area contributed by atoms with Crippen LogP contribution in [0.15, 0.2) is 62.8 Å². The van der Waals surface area contributed by atoms with Gasteiger partial charge in [-0.1, -0.05) is 28.1 Å². The molecule has 27 heavy (non-hydrogen) atoms. The highest BCUT2D eigenvalue weighted by Gasteiger charge is 2.10. The third kappa shape index (κ3) is 7.71. The van der Waals surface area contributed by atoms with Gasteiger partial charge in [-0.05, 0) is 42.0 Å². The van der Waals surface area contributed by atoms with E-state index in [4.69, 9.17) is 9.88 Å². The van der Waals surface area contributed by atoms with Crippen LogP contribution in [-0.4, -0.2) is 32.7 Å². The highest BCUT2D eigenvalue weighted by atomic mass is 79.9. The van der Waals surface area contributed by atoms with Crippen LogP contribution in [0.4, 0.5) is 0 Å². The van der Waals surface area contributed by atoms with Crippen LogP contribution in [-0.2, 0) is 30.9 Å². The number of nitrogens with one attached hydrogen (secondary N) is 1. The minimum absolute atomic E-state index is 0.00483. The zero-order valence-corrected chi connectivity index (χ0v) is 17.3. The fourth-order valence-electron chi connectivity index (χ4n) is 1.91. The van der Waals surface area contributed by atoms with Gasteiger partial charge < -0.3 is 10.1 Å². The topological polar surface area (TPSA) is 116 Å². The number of nitrogens with two attached hydrogens (primary N) is 1. The van der Waals surface area contributed by atoms with E-state index < -0.39 is 21.9 Å². The Balaban J connectivity index is 1.69. The second-order valence-electron chi connectivity index (χ2n) is 5.37. The molecule has 0 aliphatic carbocycles. The fourth-order valence-corrected chi connectivity index (χ4v) is 3.39. The molecule has 0 heterocycles. The molecule has 2 rings (SSSR count). The van der Waals surface area contributed by atoms with Crippen molar-refractivity contribution in [3.05, 3.63) is 58.6 Å². The Labute approximate surface area is 169 Å². The van der Waals surface area contributed by atoms with Crippen molar-refractivity contribution in [1.29, 1.82) is 0 Å². The number of rotatable bonds is 8. The molecule has 0 aromatic heterocycles. The first-order chi connectivity index (χ1) is 12.7. The van der Waals surface area contributed by atoms with E-state index in [1.807, 2.05) is 24.3 Å². The number of halogens is 1. The quantitative estimate of drug-likeness (QED) is 0.448. The maximum Gasteiger partial charge on any atom is 0.316 e. The lowest BCUT2D eigenvalue weighted by Crippen LogP contribution is -2.28. The highest BCUT2D eigenvalue weighted by molar-refractivity contribution is 9.10. The number of primary sulfonamides is 1. The van der Waals surface area contributed by atoms with Crippen molar-refractivity contribution in [1.82, 2.24) is 5.32 Å². The molecule has 3 N–H and O–H groups in total. The average Bonchev–Trinajstić information content (AvgIpc) is 2.64. The van der Waals surface area contributed by atoms with Crippen molar-refractivity contribution in [3.8, 4) is 0 Å². The summed E-state index contributed by atoms with van der Waals surface area (Å²) in [7, 11) is -3.75. The van der Waals surface area contributed by atoms with E-state index in [-0.39, 0.29) is 23.8 Å². The third-order valence-corrected chi connectivity index (χ3v) is 5.72. The number of hydrogen-bond donors (Lipinski definition) is 2. The Morgan fingerprint density at radius 3 is 2.30 bits per heavy atom. The van der Waals surface area contributed by atoms with Crippen molar-refractivity contribution in [3.63, 3.8) is 0 Å². The molecular formula is C17H17BrN2O5S2. The Morgan fingerprint density at radius 2 is 1.70 bits per heavy atom. The summed E-state index contributed by atoms with van der Waals surface area (Å²) in [6.07, 6.45) is 0. The molecule has 0 radical (unpaired) electrons. The first-order valence-electron chi connectivity index (χ1n) is 7.66. The summed E-state index contributed by atoms with van der Waals surface area (Å²) in [5.74, 6) is -0.840. The Bertz CT molecular complexity index is 900. The Kier molecular flexibility index (Phi) is 7.84. The lowest BCUT2D eigenvalue weighted by atomic mass is 10.2. The Morgan fingerprint density at radius 1 is 1.07 bits per heavy atom. The van der Waals surface area contributed by atoms with Gasteiger partial charge in [0.15, 0.2) is 6.61 Å². The minimum atomic E-state index is -3.75. The van der Waals surface area contributed by atoms with Crippen molar-refractivity contribution in [2.24, 2.45) is 5.14 Å². The number of carbonyl (C=O) groups excluding carboxylic acids is 2. The van der Waals surface area contributed by atoms with Gasteiger partial charge in [0.25, 0.3) is 5.91 Å². The van der Waals surface area contributed by atoms with Gasteiger partial charge in [0.05, 0.1) is 10.6 Å². The smallest absolute Gasteiger partial charge is 0.316 e. The van der Waals surface area contributed by atoms with Crippen LogP contribution in [0.25, 0.3) is 0 Å². The molecule has 7 nitrogen and oxygen atoms in total. The van der Waals surface area contributed by atoms with E-state index in [2.05, 4.69) is 21.2 Å². The van der Waals surface area contributed by atoms with Crippen molar-refractivity contribution < 1.29 is 22.7 Å². The van der Waals surface area contributed by atoms with Crippen molar-refractivity contribution in [2.45, 2.75) is 16.3 Å². The summed E-state index contributed by atoms with van der Waals surface area (Å²) in [6.45, 7) is -0.204. The van der Waals surface area contributed by atoms with E-state index in [9.17, 15) is 18.0 Å². The number of benzene rings is 2. The molecule has 0 saturated heterocycles. The predicted octanol–water partition coefficient (Wildman–Crippen LogP) is 2.05. The number of sulfonamides is 1. The summed E-state index contributed by atoms with van der Waals surface area (Å²) in [4.78, 5) is 24.3. The molecule has 0 bridgehead atoms. The van der Waals surface area contributed by atoms with Crippen LogP contribution >= 0.6 is 27.7 Å². The second kappa shape index (κ2) is 9.88. The monoisotopic (exact) mass is 472 g/mol. The summed E-state index contributed by atoms with van der Waals surface area (Å²) in [5, 5.41) is 7.60. The summed E-state index contributed by atoms with van der Waals surface area (Å²) in [6, 6.07) is 13.3. The van der Waals surface area contributed by atoms with Crippen LogP contribution in [0.3, 0.4) is 0 Å². The fraction of sp³-hybridized carbons (Fsp3) is 0.176. The van der Waals surface area contributed by atoms with E-state index in [1.54, 1.807) is 12.1 Å². The van der Waals surface area contributed by atoms with Gasteiger partial charge in [0.2, 0.25) is 10.0 Å². The molecule has 10 heteroatoms. The molecule has 0 spiro atoms. The number of carbonyl (C=O) groups is 2. The van der Waals surface area contributed by atoms with Gasteiger partial charge in [0, 0.05) is 15.9 Å². The normalized spacial score (nSPS) is 11.0. The first kappa shape index (κ1) is 21.4. The van der Waals surface area contributed by atoms with Crippen LogP contribution in [0, 0.1) is 0 Å². The summed E-state index contributed by atoms with van der Waals surface area (Å²) >= 11 is 4.65. The van der Waals surface area contributed by atoms with E-state index in [0.717, 1.165) is 9.37 Å². The van der Waals surface area contributed by atoms with Crippen LogP contribution < -0.4 is 10.5 Å². The minimum Gasteiger partial charge on any atom is -0.455 e. The molecule has 0 fully saturated rings. The Hall–Kier alpha value is -1.88. The molecule has 0 atom stereocenters. The van der Waals surface area contributed by atoms with Gasteiger partial charge in [-0.15, -0.1) is 11.8 Å². The molecule has 2 aromatic rings. The first-order valence-corrected chi connectivity index (χ1v) is 11.0. The van der Waals surface area contributed by atoms with Crippen LogP contribution in [0.5, 0.6) is 0 Å². The predicted molar refractivity (Wildman–Crippen MR) is 105 cm³/mol. The van der Waals surface area contributed by atoms with Gasteiger partial charge in [-0.3, -0.25) is 9.59 Å². The lowest BCUT2D eigenvalue weighted by Gasteiger charge is -2.07. The van der Waals surface area contributed by atoms with Crippen molar-refractivity contribution in [2.75, 3.05) is 12.4 Å². The van der Waals surface area contributed by atoms with Crippen LogP contribution in [0.1, 0.15) is 5.56 Å². The zero-order valence-electron chi connectivity index (χ0n) is 14.1. The summed E-state index contributed by atoms with van der Waals surface area (Å²) in [5.41, 5.74) is 0.688. The van der Waals surface area contributed by atoms with E-state index in [0.29, 0.717) is 5.56 Å². The highest BCUT2D eigenvalue weighted by Crippen LogP contribution is 2.20. The van der Waals surface area contributed by atoms with Gasteiger partial charge in [0.1, 0.15) is 0 Å². The van der Waals surface area contributed by atoms with E-state index in [1.165, 1.54) is 23.9 Å². The third-order valence-electron chi connectivity index (χ3n) is 3.28. The molecule has 0 saturated carbocycles. The van der Waals surface area contributed by atoms with Crippen molar-refractivity contribution >= 4 is 49.6 Å². The molecule has 0 aliphatic heterocycles. The maximum atomic E-state index is 11.7. The van der Waals surface area contributed by atoms with Gasteiger partial charge >= 0.3 is 5.97 Å². The standard InChI is InChI=1S/C17H17BrN2O5S2/c18-13-3-5-14(6-4-13)26-11-17(22)25-10-16(21)20-9-12-1-7-15(8-2-12)27(19,23)24/h1-8H,9-11H2,(H,20,21)(H2,19,23,24). The molecule has 0 aliphatic rings. The largest absolute Gasteiger partial charge is 0.455 e. The number of esters is 1. The SMILES string of the molecule is NS(=O)(=O)c1ccc(CNC(=O)COC(=O)CSc2ccc(Br)cc2)cc1. The van der Waals surface area contributed by atoms with Gasteiger partial charge in [-0.25, -0.2) is 13.6 Å². The zero-order chi connectivity index (χ0) is 19.9. The number of amides is 1. The lowest BCUT2D eigenvalue weighted by molar-refractivity contribution is -0.145. The average molecular weight is 473 g/mol.